The molecular formula is C10H11N3S. The monoisotopic (exact) mass is 205 g/mol. The van der Waals surface area contributed by atoms with E-state index in [1.54, 1.807) is 17.5 Å². The highest BCUT2D eigenvalue weighted by atomic mass is 32.1. The zero-order valence-corrected chi connectivity index (χ0v) is 8.50. The standard InChI is InChI=1S/C10H11N3S/c11-5-3-10-12-6-4-8(13-10)9-2-1-7-14-9/h1-2,4,6-7H,3,5,11H2. The van der Waals surface area contributed by atoms with Gasteiger partial charge in [0.1, 0.15) is 5.82 Å². The Morgan fingerprint density at radius 3 is 3.00 bits per heavy atom. The number of nitrogens with two attached hydrogens (primary N) is 1. The van der Waals surface area contributed by atoms with Crippen LogP contribution in [-0.2, 0) is 6.42 Å². The van der Waals surface area contributed by atoms with E-state index in [0.717, 1.165) is 17.9 Å². The van der Waals surface area contributed by atoms with Crippen LogP contribution in [0.25, 0.3) is 10.6 Å². The predicted octanol–water partition coefficient (Wildman–Crippen LogP) is 1.71. The van der Waals surface area contributed by atoms with Crippen LogP contribution in [0.5, 0.6) is 0 Å². The van der Waals surface area contributed by atoms with Gasteiger partial charge < -0.3 is 5.73 Å². The van der Waals surface area contributed by atoms with Gasteiger partial charge in [0.25, 0.3) is 0 Å². The topological polar surface area (TPSA) is 51.8 Å². The first-order valence-electron chi connectivity index (χ1n) is 4.46. The number of rotatable bonds is 3. The molecular weight excluding hydrogens is 194 g/mol. The molecule has 2 heterocycles. The third-order valence-electron chi connectivity index (χ3n) is 1.85. The highest BCUT2D eigenvalue weighted by molar-refractivity contribution is 7.13. The van der Waals surface area contributed by atoms with Gasteiger partial charge in [0, 0.05) is 12.6 Å². The number of aromatic nitrogens is 2. The summed E-state index contributed by atoms with van der Waals surface area (Å²) in [4.78, 5) is 9.75. The van der Waals surface area contributed by atoms with Crippen molar-refractivity contribution in [2.75, 3.05) is 6.54 Å². The van der Waals surface area contributed by atoms with E-state index in [1.807, 2.05) is 17.5 Å². The van der Waals surface area contributed by atoms with Gasteiger partial charge in [-0.25, -0.2) is 9.97 Å². The second-order valence-corrected chi connectivity index (χ2v) is 3.82. The second-order valence-electron chi connectivity index (χ2n) is 2.87. The normalized spacial score (nSPS) is 10.4. The van der Waals surface area contributed by atoms with Gasteiger partial charge in [-0.1, -0.05) is 6.07 Å². The summed E-state index contributed by atoms with van der Waals surface area (Å²) in [5.74, 6) is 0.818. The Morgan fingerprint density at radius 2 is 2.29 bits per heavy atom. The van der Waals surface area contributed by atoms with Gasteiger partial charge in [-0.05, 0) is 24.1 Å². The molecule has 0 fully saturated rings. The van der Waals surface area contributed by atoms with Crippen LogP contribution in [-0.4, -0.2) is 16.5 Å². The van der Waals surface area contributed by atoms with E-state index in [9.17, 15) is 0 Å². The third kappa shape index (κ3) is 1.97. The SMILES string of the molecule is NCCc1nccc(-c2cccs2)n1. The molecule has 2 rings (SSSR count). The number of nitrogens with zero attached hydrogens (tertiary/aromatic N) is 2. The maximum Gasteiger partial charge on any atom is 0.130 e. The molecule has 0 bridgehead atoms. The fourth-order valence-electron chi connectivity index (χ4n) is 1.21. The summed E-state index contributed by atoms with van der Waals surface area (Å²) >= 11 is 1.68. The largest absolute Gasteiger partial charge is 0.330 e. The maximum atomic E-state index is 5.45. The average molecular weight is 205 g/mol. The lowest BCUT2D eigenvalue weighted by Gasteiger charge is -1.99. The van der Waals surface area contributed by atoms with Crippen molar-refractivity contribution in [1.82, 2.24) is 9.97 Å². The molecule has 0 unspecified atom stereocenters. The van der Waals surface area contributed by atoms with Crippen molar-refractivity contribution in [3.05, 3.63) is 35.6 Å². The lowest BCUT2D eigenvalue weighted by atomic mass is 10.3. The summed E-state index contributed by atoms with van der Waals surface area (Å²) < 4.78 is 0. The van der Waals surface area contributed by atoms with Crippen LogP contribution >= 0.6 is 11.3 Å². The molecule has 0 aliphatic heterocycles. The van der Waals surface area contributed by atoms with Crippen molar-refractivity contribution >= 4 is 11.3 Å². The number of hydrogen-bond donors (Lipinski definition) is 1. The first-order chi connectivity index (χ1) is 6.90. The average Bonchev–Trinajstić information content (AvgIpc) is 2.71. The van der Waals surface area contributed by atoms with Crippen molar-refractivity contribution in [1.29, 1.82) is 0 Å². The van der Waals surface area contributed by atoms with Crippen LogP contribution < -0.4 is 5.73 Å². The van der Waals surface area contributed by atoms with E-state index in [-0.39, 0.29) is 0 Å². The molecule has 14 heavy (non-hydrogen) atoms. The Kier molecular flexibility index (Phi) is 2.86. The summed E-state index contributed by atoms with van der Waals surface area (Å²) in [6.07, 6.45) is 2.52. The minimum absolute atomic E-state index is 0.591. The second kappa shape index (κ2) is 4.30. The Morgan fingerprint density at radius 1 is 1.36 bits per heavy atom. The predicted molar refractivity (Wildman–Crippen MR) is 58.1 cm³/mol. The van der Waals surface area contributed by atoms with Gasteiger partial charge in [0.15, 0.2) is 0 Å². The van der Waals surface area contributed by atoms with Crippen molar-refractivity contribution in [3.63, 3.8) is 0 Å². The van der Waals surface area contributed by atoms with Gasteiger partial charge in [-0.3, -0.25) is 0 Å². The smallest absolute Gasteiger partial charge is 0.130 e. The summed E-state index contributed by atoms with van der Waals surface area (Å²) in [6.45, 7) is 0.591. The molecule has 0 saturated carbocycles. The fourth-order valence-corrected chi connectivity index (χ4v) is 1.91. The summed E-state index contributed by atoms with van der Waals surface area (Å²) in [6, 6.07) is 6.00. The summed E-state index contributed by atoms with van der Waals surface area (Å²) in [5, 5.41) is 2.04. The lowest BCUT2D eigenvalue weighted by molar-refractivity contribution is 0.870. The summed E-state index contributed by atoms with van der Waals surface area (Å²) in [7, 11) is 0. The molecule has 2 N–H and O–H groups in total. The zero-order valence-electron chi connectivity index (χ0n) is 7.68. The first kappa shape index (κ1) is 9.30. The Balaban J connectivity index is 2.31. The molecule has 2 aromatic heterocycles. The van der Waals surface area contributed by atoms with Gasteiger partial charge in [0.05, 0.1) is 10.6 Å². The van der Waals surface area contributed by atoms with Crippen LogP contribution in [0.3, 0.4) is 0 Å². The quantitative estimate of drug-likeness (QED) is 0.829. The minimum Gasteiger partial charge on any atom is -0.330 e. The van der Waals surface area contributed by atoms with Crippen LogP contribution in [0.1, 0.15) is 5.82 Å². The van der Waals surface area contributed by atoms with Crippen LogP contribution in [0.15, 0.2) is 29.8 Å². The fraction of sp³-hybridized carbons (Fsp3) is 0.200. The summed E-state index contributed by atoms with van der Waals surface area (Å²) in [5.41, 5.74) is 6.44. The molecule has 0 spiro atoms. The van der Waals surface area contributed by atoms with Gasteiger partial charge in [-0.2, -0.15) is 0 Å². The number of hydrogen-bond acceptors (Lipinski definition) is 4. The molecule has 2 aromatic rings. The van der Waals surface area contributed by atoms with Crippen LogP contribution in [0.2, 0.25) is 0 Å². The molecule has 3 nitrogen and oxygen atoms in total. The van der Waals surface area contributed by atoms with Gasteiger partial charge in [-0.15, -0.1) is 11.3 Å². The van der Waals surface area contributed by atoms with Crippen molar-refractivity contribution < 1.29 is 0 Å². The van der Waals surface area contributed by atoms with E-state index in [0.29, 0.717) is 6.54 Å². The molecule has 0 atom stereocenters. The molecule has 72 valence electrons. The highest BCUT2D eigenvalue weighted by Gasteiger charge is 2.01. The highest BCUT2D eigenvalue weighted by Crippen LogP contribution is 2.21. The lowest BCUT2D eigenvalue weighted by Crippen LogP contribution is -2.06. The van der Waals surface area contributed by atoms with Gasteiger partial charge in [0.2, 0.25) is 0 Å². The Hall–Kier alpha value is -1.26. The third-order valence-corrected chi connectivity index (χ3v) is 2.74. The van der Waals surface area contributed by atoms with E-state index in [4.69, 9.17) is 5.73 Å². The van der Waals surface area contributed by atoms with E-state index < -0.39 is 0 Å². The van der Waals surface area contributed by atoms with Gasteiger partial charge >= 0.3 is 0 Å². The van der Waals surface area contributed by atoms with E-state index in [1.165, 1.54) is 4.88 Å². The molecule has 0 amide bonds. The van der Waals surface area contributed by atoms with Crippen molar-refractivity contribution in [3.8, 4) is 10.6 Å². The maximum absolute atomic E-state index is 5.45. The van der Waals surface area contributed by atoms with E-state index >= 15 is 0 Å². The van der Waals surface area contributed by atoms with Crippen LogP contribution in [0.4, 0.5) is 0 Å². The van der Waals surface area contributed by atoms with E-state index in [2.05, 4.69) is 16.0 Å². The Labute approximate surface area is 86.6 Å². The number of thiophene rings is 1. The minimum atomic E-state index is 0.591. The molecule has 0 aliphatic rings. The molecule has 0 aliphatic carbocycles. The molecule has 0 aromatic carbocycles. The molecule has 0 saturated heterocycles. The van der Waals surface area contributed by atoms with Crippen molar-refractivity contribution in [2.45, 2.75) is 6.42 Å². The molecule has 4 heteroatoms. The van der Waals surface area contributed by atoms with Crippen LogP contribution in [0, 0.1) is 0 Å². The zero-order chi connectivity index (χ0) is 9.80. The molecule has 0 radical (unpaired) electrons. The van der Waals surface area contributed by atoms with Crippen molar-refractivity contribution in [2.24, 2.45) is 5.73 Å². The first-order valence-corrected chi connectivity index (χ1v) is 5.34. The Bertz CT molecular complexity index is 398.